The molecule has 0 aromatic rings. The van der Waals surface area contributed by atoms with Crippen molar-refractivity contribution in [1.82, 2.24) is 5.32 Å². The van der Waals surface area contributed by atoms with E-state index in [0.717, 1.165) is 6.26 Å². The van der Waals surface area contributed by atoms with E-state index < -0.39 is 27.0 Å². The highest BCUT2D eigenvalue weighted by atomic mass is 32.2. The van der Waals surface area contributed by atoms with Gasteiger partial charge in [-0.05, 0) is 19.8 Å². The number of rotatable bonds is 8. The molecule has 1 amide bonds. The SMILES string of the molecule is CC(C(=O)NCCCCCC(=O)O)S(C)(=O)=O. The van der Waals surface area contributed by atoms with Crippen molar-refractivity contribution < 1.29 is 23.1 Å². The number of aliphatic carboxylic acids is 1. The van der Waals surface area contributed by atoms with E-state index in [1.807, 2.05) is 0 Å². The predicted molar refractivity (Wildman–Crippen MR) is 63.4 cm³/mol. The van der Waals surface area contributed by atoms with E-state index in [0.29, 0.717) is 25.8 Å². The van der Waals surface area contributed by atoms with Gasteiger partial charge in [0.2, 0.25) is 5.91 Å². The van der Waals surface area contributed by atoms with Gasteiger partial charge in [-0.2, -0.15) is 0 Å². The summed E-state index contributed by atoms with van der Waals surface area (Å²) in [6.45, 7) is 1.72. The van der Waals surface area contributed by atoms with Crippen LogP contribution in [0.5, 0.6) is 0 Å². The third kappa shape index (κ3) is 7.73. The average Bonchev–Trinajstić information content (AvgIpc) is 2.19. The number of unbranched alkanes of at least 4 members (excludes halogenated alkanes) is 2. The molecule has 0 radical (unpaired) electrons. The fourth-order valence-corrected chi connectivity index (χ4v) is 1.60. The van der Waals surface area contributed by atoms with Crippen LogP contribution in [-0.2, 0) is 19.4 Å². The minimum atomic E-state index is -3.35. The zero-order valence-corrected chi connectivity index (χ0v) is 10.9. The van der Waals surface area contributed by atoms with Crippen molar-refractivity contribution in [3.8, 4) is 0 Å². The van der Waals surface area contributed by atoms with Crippen molar-refractivity contribution in [3.63, 3.8) is 0 Å². The second-order valence-electron chi connectivity index (χ2n) is 3.97. The number of hydrogen-bond acceptors (Lipinski definition) is 4. The van der Waals surface area contributed by atoms with Crippen LogP contribution in [0.2, 0.25) is 0 Å². The fourth-order valence-electron chi connectivity index (χ4n) is 1.13. The minimum absolute atomic E-state index is 0.119. The lowest BCUT2D eigenvalue weighted by atomic mass is 10.2. The Bertz CT molecular complexity index is 363. The maximum absolute atomic E-state index is 11.3. The van der Waals surface area contributed by atoms with Crippen molar-refractivity contribution in [3.05, 3.63) is 0 Å². The van der Waals surface area contributed by atoms with Gasteiger partial charge in [0.05, 0.1) is 0 Å². The smallest absolute Gasteiger partial charge is 0.303 e. The van der Waals surface area contributed by atoms with Crippen LogP contribution in [0, 0.1) is 0 Å². The number of carbonyl (C=O) groups excluding carboxylic acids is 1. The highest BCUT2D eigenvalue weighted by Gasteiger charge is 2.22. The Morgan fingerprint density at radius 2 is 1.82 bits per heavy atom. The fraction of sp³-hybridized carbons (Fsp3) is 0.800. The van der Waals surface area contributed by atoms with E-state index in [9.17, 15) is 18.0 Å². The van der Waals surface area contributed by atoms with Crippen LogP contribution in [0.25, 0.3) is 0 Å². The number of carboxylic acids is 1. The third-order valence-corrected chi connectivity index (χ3v) is 3.88. The summed E-state index contributed by atoms with van der Waals surface area (Å²) in [6.07, 6.45) is 3.04. The van der Waals surface area contributed by atoms with Gasteiger partial charge in [0.15, 0.2) is 9.84 Å². The first-order valence-electron chi connectivity index (χ1n) is 5.43. The standard InChI is InChI=1S/C10H19NO5S/c1-8(17(2,15)16)10(14)11-7-5-3-4-6-9(12)13/h8H,3-7H2,1-2H3,(H,11,14)(H,12,13). The molecule has 7 heteroatoms. The van der Waals surface area contributed by atoms with E-state index in [4.69, 9.17) is 5.11 Å². The van der Waals surface area contributed by atoms with Gasteiger partial charge in [0, 0.05) is 19.2 Å². The summed E-state index contributed by atoms with van der Waals surface area (Å²) < 4.78 is 22.1. The monoisotopic (exact) mass is 265 g/mol. The van der Waals surface area contributed by atoms with Crippen LogP contribution >= 0.6 is 0 Å². The second kappa shape index (κ2) is 7.26. The van der Waals surface area contributed by atoms with Crippen LogP contribution in [0.3, 0.4) is 0 Å². The molecule has 0 saturated carbocycles. The quantitative estimate of drug-likeness (QED) is 0.610. The van der Waals surface area contributed by atoms with Gasteiger partial charge in [0.25, 0.3) is 0 Å². The Labute approximate surface area is 101 Å². The Kier molecular flexibility index (Phi) is 6.79. The second-order valence-corrected chi connectivity index (χ2v) is 6.33. The molecule has 0 saturated heterocycles. The van der Waals surface area contributed by atoms with E-state index in [1.165, 1.54) is 6.92 Å². The van der Waals surface area contributed by atoms with Gasteiger partial charge in [-0.3, -0.25) is 9.59 Å². The minimum Gasteiger partial charge on any atom is -0.481 e. The zero-order valence-electron chi connectivity index (χ0n) is 10.1. The molecular formula is C10H19NO5S. The molecule has 0 heterocycles. The molecule has 100 valence electrons. The molecule has 0 aromatic carbocycles. The lowest BCUT2D eigenvalue weighted by Gasteiger charge is -2.09. The number of carbonyl (C=O) groups is 2. The molecule has 0 aliphatic carbocycles. The molecule has 6 nitrogen and oxygen atoms in total. The summed E-state index contributed by atoms with van der Waals surface area (Å²) in [5.41, 5.74) is 0. The van der Waals surface area contributed by atoms with Crippen molar-refractivity contribution in [2.75, 3.05) is 12.8 Å². The Balaban J connectivity index is 3.69. The molecule has 0 aromatic heterocycles. The largest absolute Gasteiger partial charge is 0.481 e. The molecule has 2 N–H and O–H groups in total. The molecule has 0 aliphatic rings. The first kappa shape index (κ1) is 15.9. The molecule has 17 heavy (non-hydrogen) atoms. The maximum Gasteiger partial charge on any atom is 0.303 e. The maximum atomic E-state index is 11.3. The molecule has 0 bridgehead atoms. The predicted octanol–water partition coefficient (Wildman–Crippen LogP) is 0.181. The number of amides is 1. The van der Waals surface area contributed by atoms with E-state index in [2.05, 4.69) is 5.32 Å². The van der Waals surface area contributed by atoms with Gasteiger partial charge in [0.1, 0.15) is 5.25 Å². The molecule has 1 atom stereocenters. The van der Waals surface area contributed by atoms with E-state index in [1.54, 1.807) is 0 Å². The number of sulfone groups is 1. The number of carboxylic acid groups (broad SMARTS) is 1. The molecule has 0 aliphatic heterocycles. The van der Waals surface area contributed by atoms with Crippen LogP contribution in [0.1, 0.15) is 32.6 Å². The van der Waals surface area contributed by atoms with Crippen molar-refractivity contribution in [2.24, 2.45) is 0 Å². The van der Waals surface area contributed by atoms with Gasteiger partial charge >= 0.3 is 5.97 Å². The van der Waals surface area contributed by atoms with E-state index in [-0.39, 0.29) is 6.42 Å². The normalized spacial score (nSPS) is 13.1. The van der Waals surface area contributed by atoms with Gasteiger partial charge in [-0.25, -0.2) is 8.42 Å². The first-order chi connectivity index (χ1) is 7.75. The molecular weight excluding hydrogens is 246 g/mol. The highest BCUT2D eigenvalue weighted by molar-refractivity contribution is 7.92. The summed E-state index contributed by atoms with van der Waals surface area (Å²) >= 11 is 0. The zero-order chi connectivity index (χ0) is 13.5. The van der Waals surface area contributed by atoms with Gasteiger partial charge < -0.3 is 10.4 Å². The van der Waals surface area contributed by atoms with Crippen LogP contribution in [0.15, 0.2) is 0 Å². The average molecular weight is 265 g/mol. The highest BCUT2D eigenvalue weighted by Crippen LogP contribution is 2.00. The Morgan fingerprint density at radius 1 is 1.24 bits per heavy atom. The summed E-state index contributed by atoms with van der Waals surface area (Å²) in [4.78, 5) is 21.5. The van der Waals surface area contributed by atoms with Crippen LogP contribution < -0.4 is 5.32 Å². The van der Waals surface area contributed by atoms with Gasteiger partial charge in [-0.15, -0.1) is 0 Å². The first-order valence-corrected chi connectivity index (χ1v) is 7.39. The Hall–Kier alpha value is -1.11. The van der Waals surface area contributed by atoms with Crippen LogP contribution in [0.4, 0.5) is 0 Å². The third-order valence-electron chi connectivity index (χ3n) is 2.38. The number of hydrogen-bond donors (Lipinski definition) is 2. The van der Waals surface area contributed by atoms with Gasteiger partial charge in [-0.1, -0.05) is 6.42 Å². The molecule has 1 unspecified atom stereocenters. The molecule has 0 fully saturated rings. The van der Waals surface area contributed by atoms with Crippen molar-refractivity contribution >= 4 is 21.7 Å². The summed E-state index contributed by atoms with van der Waals surface area (Å²) in [5, 5.41) is 9.86. The lowest BCUT2D eigenvalue weighted by molar-refractivity contribution is -0.137. The lowest BCUT2D eigenvalue weighted by Crippen LogP contribution is -2.37. The molecule has 0 rings (SSSR count). The molecule has 0 spiro atoms. The number of nitrogens with one attached hydrogen (secondary N) is 1. The van der Waals surface area contributed by atoms with E-state index >= 15 is 0 Å². The Morgan fingerprint density at radius 3 is 2.29 bits per heavy atom. The van der Waals surface area contributed by atoms with Crippen molar-refractivity contribution in [2.45, 2.75) is 37.9 Å². The van der Waals surface area contributed by atoms with Crippen molar-refractivity contribution in [1.29, 1.82) is 0 Å². The summed E-state index contributed by atoms with van der Waals surface area (Å²) in [7, 11) is -3.35. The summed E-state index contributed by atoms with van der Waals surface area (Å²) in [6, 6.07) is 0. The topological polar surface area (TPSA) is 101 Å². The summed E-state index contributed by atoms with van der Waals surface area (Å²) in [5.74, 6) is -1.34. The van der Waals surface area contributed by atoms with Crippen LogP contribution in [-0.4, -0.2) is 43.5 Å².